The molecule has 0 amide bonds. The number of nitrogens with zero attached hydrogens (tertiary/aromatic N) is 2. The molecule has 0 aromatic carbocycles. The van der Waals surface area contributed by atoms with E-state index in [1.54, 1.807) is 11.3 Å². The van der Waals surface area contributed by atoms with Crippen LogP contribution in [0.15, 0.2) is 11.2 Å². The molecule has 0 radical (unpaired) electrons. The van der Waals surface area contributed by atoms with E-state index in [1.165, 1.54) is 19.3 Å². The summed E-state index contributed by atoms with van der Waals surface area (Å²) in [6.07, 6.45) is 5.88. The molecular formula is C11H18N4S. The van der Waals surface area contributed by atoms with Crippen molar-refractivity contribution in [2.75, 3.05) is 6.54 Å². The fourth-order valence-corrected chi connectivity index (χ4v) is 2.36. The molecule has 16 heavy (non-hydrogen) atoms. The molecule has 1 saturated carbocycles. The predicted octanol–water partition coefficient (Wildman–Crippen LogP) is 1.66. The Morgan fingerprint density at radius 3 is 3.06 bits per heavy atom. The molecule has 1 aromatic heterocycles. The molecule has 1 aliphatic rings. The van der Waals surface area contributed by atoms with Gasteiger partial charge in [0.15, 0.2) is 5.96 Å². The van der Waals surface area contributed by atoms with Gasteiger partial charge in [-0.05, 0) is 25.7 Å². The number of nitrogens with two attached hydrogens (primary N) is 1. The Labute approximate surface area is 100.0 Å². The fourth-order valence-electron chi connectivity index (χ4n) is 1.64. The second-order valence-electron chi connectivity index (χ2n) is 4.22. The fraction of sp³-hybridized carbons (Fsp3) is 0.636. The zero-order valence-corrected chi connectivity index (χ0v) is 10.4. The van der Waals surface area contributed by atoms with Gasteiger partial charge < -0.3 is 11.1 Å². The lowest BCUT2D eigenvalue weighted by Crippen LogP contribution is -2.37. The zero-order valence-electron chi connectivity index (χ0n) is 9.57. The number of guanidine groups is 1. The predicted molar refractivity (Wildman–Crippen MR) is 67.5 cm³/mol. The van der Waals surface area contributed by atoms with E-state index in [0.717, 1.165) is 22.3 Å². The van der Waals surface area contributed by atoms with Gasteiger partial charge in [-0.25, -0.2) is 9.98 Å². The number of nitrogens with one attached hydrogen (secondary N) is 1. The number of rotatable bonds is 4. The molecule has 0 atom stereocenters. The minimum atomic E-state index is 0.554. The van der Waals surface area contributed by atoms with Gasteiger partial charge in [0.2, 0.25) is 0 Å². The van der Waals surface area contributed by atoms with Crippen LogP contribution in [0.3, 0.4) is 0 Å². The Bertz CT molecular complexity index is 368. The van der Waals surface area contributed by atoms with Crippen molar-refractivity contribution in [2.45, 2.75) is 32.7 Å². The van der Waals surface area contributed by atoms with Gasteiger partial charge in [0.25, 0.3) is 0 Å². The SMILES string of the molecule is Cc1ncc(CN=C(N)NCC2CCC2)s1. The first kappa shape index (κ1) is 11.4. The van der Waals surface area contributed by atoms with Crippen LogP contribution in [0.25, 0.3) is 0 Å². The van der Waals surface area contributed by atoms with Crippen LogP contribution in [0.4, 0.5) is 0 Å². The molecule has 1 fully saturated rings. The first-order chi connectivity index (χ1) is 7.74. The summed E-state index contributed by atoms with van der Waals surface area (Å²) in [4.78, 5) is 9.63. The quantitative estimate of drug-likeness (QED) is 0.619. The average Bonchev–Trinajstić information content (AvgIpc) is 2.59. The molecule has 1 aromatic rings. The summed E-state index contributed by atoms with van der Waals surface area (Å²) in [5.41, 5.74) is 5.78. The normalized spacial score (nSPS) is 17.2. The number of hydrogen-bond donors (Lipinski definition) is 2. The largest absolute Gasteiger partial charge is 0.370 e. The van der Waals surface area contributed by atoms with Crippen LogP contribution in [0.2, 0.25) is 0 Å². The Morgan fingerprint density at radius 2 is 2.50 bits per heavy atom. The van der Waals surface area contributed by atoms with Crippen molar-refractivity contribution in [3.63, 3.8) is 0 Å². The van der Waals surface area contributed by atoms with Crippen LogP contribution in [-0.4, -0.2) is 17.5 Å². The molecule has 1 heterocycles. The molecule has 0 spiro atoms. The summed E-state index contributed by atoms with van der Waals surface area (Å²) < 4.78 is 0. The van der Waals surface area contributed by atoms with E-state index in [4.69, 9.17) is 5.73 Å². The van der Waals surface area contributed by atoms with E-state index >= 15 is 0 Å². The van der Waals surface area contributed by atoms with Crippen LogP contribution in [0.5, 0.6) is 0 Å². The van der Waals surface area contributed by atoms with Crippen LogP contribution in [0.1, 0.15) is 29.1 Å². The van der Waals surface area contributed by atoms with Gasteiger partial charge in [-0.1, -0.05) is 6.42 Å². The van der Waals surface area contributed by atoms with E-state index in [2.05, 4.69) is 15.3 Å². The zero-order chi connectivity index (χ0) is 11.4. The molecule has 5 heteroatoms. The van der Waals surface area contributed by atoms with Crippen molar-refractivity contribution >= 4 is 17.3 Å². The van der Waals surface area contributed by atoms with E-state index in [1.807, 2.05) is 13.1 Å². The first-order valence-electron chi connectivity index (χ1n) is 5.69. The Kier molecular flexibility index (Phi) is 3.77. The van der Waals surface area contributed by atoms with Gasteiger partial charge in [-0.15, -0.1) is 11.3 Å². The maximum atomic E-state index is 5.78. The molecule has 0 saturated heterocycles. The molecule has 3 N–H and O–H groups in total. The van der Waals surface area contributed by atoms with Crippen LogP contribution in [-0.2, 0) is 6.54 Å². The van der Waals surface area contributed by atoms with Crippen molar-refractivity contribution in [1.29, 1.82) is 0 Å². The number of thiazole rings is 1. The number of aliphatic imine (C=N–C) groups is 1. The summed E-state index contributed by atoms with van der Waals surface area (Å²) in [7, 11) is 0. The topological polar surface area (TPSA) is 63.3 Å². The van der Waals surface area contributed by atoms with E-state index in [0.29, 0.717) is 12.5 Å². The molecule has 88 valence electrons. The van der Waals surface area contributed by atoms with Gasteiger partial charge >= 0.3 is 0 Å². The Balaban J connectivity index is 1.73. The molecule has 0 unspecified atom stereocenters. The highest BCUT2D eigenvalue weighted by Gasteiger charge is 2.16. The highest BCUT2D eigenvalue weighted by Crippen LogP contribution is 2.24. The standard InChI is InChI=1S/C11H18N4S/c1-8-13-6-10(16-8)7-15-11(12)14-5-9-3-2-4-9/h6,9H,2-5,7H2,1H3,(H3,12,14,15). The van der Waals surface area contributed by atoms with E-state index in [9.17, 15) is 0 Å². The Hall–Kier alpha value is -1.10. The monoisotopic (exact) mass is 238 g/mol. The Morgan fingerprint density at radius 1 is 1.69 bits per heavy atom. The van der Waals surface area contributed by atoms with Crippen LogP contribution >= 0.6 is 11.3 Å². The van der Waals surface area contributed by atoms with Gasteiger partial charge in [0.05, 0.1) is 11.6 Å². The van der Waals surface area contributed by atoms with Crippen LogP contribution < -0.4 is 11.1 Å². The highest BCUT2D eigenvalue weighted by atomic mass is 32.1. The van der Waals surface area contributed by atoms with Gasteiger partial charge in [-0.3, -0.25) is 0 Å². The van der Waals surface area contributed by atoms with Crippen molar-refractivity contribution in [3.05, 3.63) is 16.1 Å². The lowest BCUT2D eigenvalue weighted by Gasteiger charge is -2.25. The van der Waals surface area contributed by atoms with E-state index in [-0.39, 0.29) is 0 Å². The summed E-state index contributed by atoms with van der Waals surface area (Å²) in [5, 5.41) is 4.25. The number of hydrogen-bond acceptors (Lipinski definition) is 3. The minimum Gasteiger partial charge on any atom is -0.370 e. The van der Waals surface area contributed by atoms with Crippen LogP contribution in [0, 0.1) is 12.8 Å². The van der Waals surface area contributed by atoms with Gasteiger partial charge in [-0.2, -0.15) is 0 Å². The summed E-state index contributed by atoms with van der Waals surface area (Å²) in [6, 6.07) is 0. The van der Waals surface area contributed by atoms with E-state index < -0.39 is 0 Å². The lowest BCUT2D eigenvalue weighted by molar-refractivity contribution is 0.315. The van der Waals surface area contributed by atoms with Gasteiger partial charge in [0, 0.05) is 17.6 Å². The highest BCUT2D eigenvalue weighted by molar-refractivity contribution is 7.11. The number of aryl methyl sites for hydroxylation is 1. The third kappa shape index (κ3) is 3.20. The maximum Gasteiger partial charge on any atom is 0.188 e. The lowest BCUT2D eigenvalue weighted by atomic mass is 9.85. The first-order valence-corrected chi connectivity index (χ1v) is 6.51. The van der Waals surface area contributed by atoms with Crippen molar-refractivity contribution < 1.29 is 0 Å². The average molecular weight is 238 g/mol. The van der Waals surface area contributed by atoms with Crippen molar-refractivity contribution in [2.24, 2.45) is 16.6 Å². The second-order valence-corrected chi connectivity index (χ2v) is 5.54. The molecule has 2 rings (SSSR count). The molecular weight excluding hydrogens is 220 g/mol. The molecule has 0 aliphatic heterocycles. The van der Waals surface area contributed by atoms with Crippen molar-refractivity contribution in [3.8, 4) is 0 Å². The van der Waals surface area contributed by atoms with Gasteiger partial charge in [0.1, 0.15) is 0 Å². The smallest absolute Gasteiger partial charge is 0.188 e. The summed E-state index contributed by atoms with van der Waals surface area (Å²) in [6.45, 7) is 3.60. The third-order valence-electron chi connectivity index (χ3n) is 2.87. The second kappa shape index (κ2) is 5.30. The van der Waals surface area contributed by atoms with Crippen molar-refractivity contribution in [1.82, 2.24) is 10.3 Å². The minimum absolute atomic E-state index is 0.554. The number of aromatic nitrogens is 1. The molecule has 1 aliphatic carbocycles. The summed E-state index contributed by atoms with van der Waals surface area (Å²) in [5.74, 6) is 1.36. The molecule has 4 nitrogen and oxygen atoms in total. The third-order valence-corrected chi connectivity index (χ3v) is 3.77. The summed E-state index contributed by atoms with van der Waals surface area (Å²) >= 11 is 1.67. The molecule has 0 bridgehead atoms. The maximum absolute atomic E-state index is 5.78.